The van der Waals surface area contributed by atoms with Crippen molar-refractivity contribution in [3.05, 3.63) is 39.8 Å². The second-order valence-electron chi connectivity index (χ2n) is 7.15. The number of pyridine rings is 1. The number of aryl methyl sites for hydroxylation is 2. The number of amides is 1. The fourth-order valence-corrected chi connectivity index (χ4v) is 3.55. The molecule has 0 saturated heterocycles. The predicted octanol–water partition coefficient (Wildman–Crippen LogP) is 1.36. The standard InChI is InChI=1S/C19H28N6O/c1-12-15(13(2)25(4)23-12)6-5-8-21-19(26)16-10-14-11-24(3)9-7-17(14)22-18(16)20/h10H,5-9,11H2,1-4H3,(H2,20,22)(H,21,26). The minimum atomic E-state index is -0.148. The van der Waals surface area contributed by atoms with Gasteiger partial charge in [0.1, 0.15) is 5.82 Å². The van der Waals surface area contributed by atoms with Gasteiger partial charge >= 0.3 is 0 Å². The molecule has 3 N–H and O–H groups in total. The highest BCUT2D eigenvalue weighted by Gasteiger charge is 2.19. The number of carbonyl (C=O) groups excluding carboxylic acids is 1. The van der Waals surface area contributed by atoms with Crippen LogP contribution in [0.5, 0.6) is 0 Å². The molecule has 1 aliphatic heterocycles. The molecule has 0 saturated carbocycles. The second-order valence-corrected chi connectivity index (χ2v) is 7.15. The highest BCUT2D eigenvalue weighted by Crippen LogP contribution is 2.21. The molecule has 0 unspecified atom stereocenters. The van der Waals surface area contributed by atoms with Crippen LogP contribution in [0.1, 0.15) is 45.0 Å². The molecule has 0 aromatic carbocycles. The van der Waals surface area contributed by atoms with Gasteiger partial charge in [-0.2, -0.15) is 5.10 Å². The smallest absolute Gasteiger partial charge is 0.255 e. The zero-order chi connectivity index (χ0) is 18.8. The highest BCUT2D eigenvalue weighted by molar-refractivity contribution is 5.98. The summed E-state index contributed by atoms with van der Waals surface area (Å²) in [6, 6.07) is 1.90. The quantitative estimate of drug-likeness (QED) is 0.790. The Kier molecular flexibility index (Phi) is 5.27. The Morgan fingerprint density at radius 2 is 2.12 bits per heavy atom. The molecule has 3 rings (SSSR count). The van der Waals surface area contributed by atoms with Gasteiger partial charge in [0.05, 0.1) is 11.3 Å². The SMILES string of the molecule is Cc1nn(C)c(C)c1CCCNC(=O)c1cc2c(nc1N)CCN(C)C2. The molecule has 7 heteroatoms. The van der Waals surface area contributed by atoms with Crippen LogP contribution in [0.4, 0.5) is 5.82 Å². The first-order valence-corrected chi connectivity index (χ1v) is 9.11. The first kappa shape index (κ1) is 18.4. The fraction of sp³-hybridized carbons (Fsp3) is 0.526. The van der Waals surface area contributed by atoms with Gasteiger partial charge in [0.2, 0.25) is 0 Å². The Hall–Kier alpha value is -2.41. The van der Waals surface area contributed by atoms with E-state index >= 15 is 0 Å². The van der Waals surface area contributed by atoms with Gasteiger partial charge in [0, 0.05) is 44.5 Å². The molecule has 140 valence electrons. The van der Waals surface area contributed by atoms with E-state index in [1.807, 2.05) is 24.7 Å². The topological polar surface area (TPSA) is 89.1 Å². The van der Waals surface area contributed by atoms with Crippen molar-refractivity contribution in [1.29, 1.82) is 0 Å². The number of rotatable bonds is 5. The zero-order valence-corrected chi connectivity index (χ0v) is 16.1. The van der Waals surface area contributed by atoms with E-state index in [2.05, 4.69) is 34.3 Å². The first-order chi connectivity index (χ1) is 12.4. The third kappa shape index (κ3) is 3.72. The summed E-state index contributed by atoms with van der Waals surface area (Å²) in [6.45, 7) is 6.48. The number of likely N-dealkylation sites (N-methyl/N-ethyl adjacent to an activating group) is 1. The van der Waals surface area contributed by atoms with E-state index in [1.165, 1.54) is 11.3 Å². The minimum absolute atomic E-state index is 0.148. The summed E-state index contributed by atoms with van der Waals surface area (Å²) in [7, 11) is 4.03. The molecule has 2 aromatic rings. The lowest BCUT2D eigenvalue weighted by atomic mass is 10.0. The molecule has 3 heterocycles. The number of nitrogens with one attached hydrogen (secondary N) is 1. The lowest BCUT2D eigenvalue weighted by Crippen LogP contribution is -2.30. The van der Waals surface area contributed by atoms with Crippen molar-refractivity contribution in [2.24, 2.45) is 7.05 Å². The summed E-state index contributed by atoms with van der Waals surface area (Å²) in [5.74, 6) is 0.176. The van der Waals surface area contributed by atoms with Gasteiger partial charge in [0.15, 0.2) is 0 Å². The van der Waals surface area contributed by atoms with E-state index < -0.39 is 0 Å². The molecule has 7 nitrogen and oxygen atoms in total. The van der Waals surface area contributed by atoms with Crippen molar-refractivity contribution < 1.29 is 4.79 Å². The monoisotopic (exact) mass is 356 g/mol. The minimum Gasteiger partial charge on any atom is -0.383 e. The van der Waals surface area contributed by atoms with Crippen molar-refractivity contribution in [1.82, 2.24) is 25.0 Å². The van der Waals surface area contributed by atoms with Crippen molar-refractivity contribution in [2.75, 3.05) is 25.9 Å². The Balaban J connectivity index is 1.59. The molecule has 0 aliphatic carbocycles. The largest absolute Gasteiger partial charge is 0.383 e. The van der Waals surface area contributed by atoms with E-state index in [0.29, 0.717) is 17.9 Å². The number of hydrogen-bond acceptors (Lipinski definition) is 5. The number of anilines is 1. The Bertz CT molecular complexity index is 826. The molecule has 0 radical (unpaired) electrons. The summed E-state index contributed by atoms with van der Waals surface area (Å²) in [4.78, 5) is 19.2. The average molecular weight is 356 g/mol. The van der Waals surface area contributed by atoms with Gasteiger partial charge < -0.3 is 16.0 Å². The summed E-state index contributed by atoms with van der Waals surface area (Å²) in [5, 5.41) is 7.41. The summed E-state index contributed by atoms with van der Waals surface area (Å²) in [5.41, 5.74) is 12.1. The number of nitrogen functional groups attached to an aromatic ring is 1. The van der Waals surface area contributed by atoms with E-state index in [1.54, 1.807) is 0 Å². The summed E-state index contributed by atoms with van der Waals surface area (Å²) < 4.78 is 1.90. The maximum Gasteiger partial charge on any atom is 0.255 e. The molecule has 1 amide bonds. The Labute approximate surface area is 154 Å². The third-order valence-electron chi connectivity index (χ3n) is 5.18. The third-order valence-corrected chi connectivity index (χ3v) is 5.18. The maximum atomic E-state index is 12.5. The molecule has 0 bridgehead atoms. The zero-order valence-electron chi connectivity index (χ0n) is 16.1. The number of nitrogens with two attached hydrogens (primary N) is 1. The van der Waals surface area contributed by atoms with Gasteiger partial charge in [-0.1, -0.05) is 0 Å². The van der Waals surface area contributed by atoms with Gasteiger partial charge in [-0.05, 0) is 50.9 Å². The van der Waals surface area contributed by atoms with Crippen molar-refractivity contribution in [2.45, 2.75) is 39.7 Å². The maximum absolute atomic E-state index is 12.5. The average Bonchev–Trinajstić information content (AvgIpc) is 2.84. The van der Waals surface area contributed by atoms with Crippen LogP contribution < -0.4 is 11.1 Å². The van der Waals surface area contributed by atoms with Crippen LogP contribution in [0.15, 0.2) is 6.07 Å². The van der Waals surface area contributed by atoms with Crippen molar-refractivity contribution in [3.8, 4) is 0 Å². The molecule has 0 fully saturated rings. The number of fused-ring (bicyclic) bond motifs is 1. The van der Waals surface area contributed by atoms with E-state index in [4.69, 9.17) is 5.73 Å². The lowest BCUT2D eigenvalue weighted by Gasteiger charge is -2.25. The molecule has 0 atom stereocenters. The van der Waals surface area contributed by atoms with Crippen LogP contribution in [0.25, 0.3) is 0 Å². The van der Waals surface area contributed by atoms with Gasteiger partial charge in [-0.25, -0.2) is 4.98 Å². The normalized spacial score (nSPS) is 14.3. The lowest BCUT2D eigenvalue weighted by molar-refractivity contribution is 0.0953. The number of hydrogen-bond donors (Lipinski definition) is 2. The Morgan fingerprint density at radius 3 is 2.81 bits per heavy atom. The summed E-state index contributed by atoms with van der Waals surface area (Å²) >= 11 is 0. The number of aromatic nitrogens is 3. The molecule has 0 spiro atoms. The van der Waals surface area contributed by atoms with Crippen LogP contribution in [-0.4, -0.2) is 45.7 Å². The first-order valence-electron chi connectivity index (χ1n) is 9.11. The van der Waals surface area contributed by atoms with Gasteiger partial charge in [-0.3, -0.25) is 9.48 Å². The van der Waals surface area contributed by atoms with Crippen LogP contribution >= 0.6 is 0 Å². The number of carbonyl (C=O) groups is 1. The predicted molar refractivity (Wildman–Crippen MR) is 102 cm³/mol. The molecule has 26 heavy (non-hydrogen) atoms. The van der Waals surface area contributed by atoms with Crippen LogP contribution in [0.2, 0.25) is 0 Å². The van der Waals surface area contributed by atoms with Crippen LogP contribution in [0.3, 0.4) is 0 Å². The number of nitrogens with zero attached hydrogens (tertiary/aromatic N) is 4. The second kappa shape index (κ2) is 7.45. The van der Waals surface area contributed by atoms with Crippen LogP contribution in [0, 0.1) is 13.8 Å². The van der Waals surface area contributed by atoms with E-state index in [-0.39, 0.29) is 5.91 Å². The van der Waals surface area contributed by atoms with Gasteiger partial charge in [0.25, 0.3) is 5.91 Å². The summed E-state index contributed by atoms with van der Waals surface area (Å²) in [6.07, 6.45) is 2.64. The van der Waals surface area contributed by atoms with Gasteiger partial charge in [-0.15, -0.1) is 0 Å². The Morgan fingerprint density at radius 1 is 1.35 bits per heavy atom. The molecule has 1 aliphatic rings. The van der Waals surface area contributed by atoms with E-state index in [0.717, 1.165) is 49.3 Å². The van der Waals surface area contributed by atoms with Crippen LogP contribution in [-0.2, 0) is 26.4 Å². The highest BCUT2D eigenvalue weighted by atomic mass is 16.1. The van der Waals surface area contributed by atoms with Crippen molar-refractivity contribution in [3.63, 3.8) is 0 Å². The molecule has 2 aromatic heterocycles. The van der Waals surface area contributed by atoms with E-state index in [9.17, 15) is 4.79 Å². The molecular weight excluding hydrogens is 328 g/mol. The fourth-order valence-electron chi connectivity index (χ4n) is 3.55. The van der Waals surface area contributed by atoms with Crippen molar-refractivity contribution >= 4 is 11.7 Å². The molecular formula is C19H28N6O.